The van der Waals surface area contributed by atoms with Gasteiger partial charge in [0.05, 0.1) is 0 Å². The van der Waals surface area contributed by atoms with E-state index < -0.39 is 0 Å². The summed E-state index contributed by atoms with van der Waals surface area (Å²) in [4.78, 5) is 14.2. The normalized spacial score (nSPS) is 10.5. The molecule has 0 unspecified atom stereocenters. The Morgan fingerprint density at radius 2 is 1.71 bits per heavy atom. The van der Waals surface area contributed by atoms with Crippen LogP contribution in [-0.4, -0.2) is 18.1 Å². The first-order valence-electron chi connectivity index (χ1n) is 6.71. The third-order valence-corrected chi connectivity index (χ3v) is 3.55. The van der Waals surface area contributed by atoms with Gasteiger partial charge in [0.25, 0.3) is 5.91 Å². The molecule has 3 rings (SSSR count). The van der Waals surface area contributed by atoms with E-state index in [9.17, 15) is 9.90 Å². The minimum absolute atomic E-state index is 0.0774. The number of phenolic OH excluding ortho intramolecular Hbond substituents is 1. The lowest BCUT2D eigenvalue weighted by Gasteiger charge is -2.17. The highest BCUT2D eigenvalue weighted by Crippen LogP contribution is 2.26. The van der Waals surface area contributed by atoms with Crippen LogP contribution in [0.4, 0.5) is 5.69 Å². The molecule has 3 heteroatoms. The summed E-state index contributed by atoms with van der Waals surface area (Å²) in [7, 11) is 1.75. The van der Waals surface area contributed by atoms with Gasteiger partial charge in [-0.25, -0.2) is 0 Å². The fourth-order valence-corrected chi connectivity index (χ4v) is 2.36. The average molecular weight is 277 g/mol. The zero-order chi connectivity index (χ0) is 14.8. The smallest absolute Gasteiger partial charge is 0.258 e. The summed E-state index contributed by atoms with van der Waals surface area (Å²) >= 11 is 0. The lowest BCUT2D eigenvalue weighted by atomic mass is 10.1. The summed E-state index contributed by atoms with van der Waals surface area (Å²) in [6.07, 6.45) is 0. The van der Waals surface area contributed by atoms with Crippen LogP contribution in [0, 0.1) is 0 Å². The zero-order valence-electron chi connectivity index (χ0n) is 11.7. The molecule has 0 aliphatic rings. The third-order valence-electron chi connectivity index (χ3n) is 3.55. The number of hydrogen-bond acceptors (Lipinski definition) is 2. The van der Waals surface area contributed by atoms with E-state index in [-0.39, 0.29) is 11.7 Å². The van der Waals surface area contributed by atoms with E-state index in [1.807, 2.05) is 36.4 Å². The minimum Gasteiger partial charge on any atom is -0.507 e. The molecule has 3 nitrogen and oxygen atoms in total. The fourth-order valence-electron chi connectivity index (χ4n) is 2.36. The molecular formula is C18H15NO2. The SMILES string of the molecule is CN(C(=O)c1ccc2c(O)cccc2c1)c1ccccc1. The van der Waals surface area contributed by atoms with E-state index in [0.717, 1.165) is 16.5 Å². The number of phenols is 1. The lowest BCUT2D eigenvalue weighted by molar-refractivity contribution is 0.0993. The average Bonchev–Trinajstić information content (AvgIpc) is 2.54. The van der Waals surface area contributed by atoms with Gasteiger partial charge in [0.1, 0.15) is 5.75 Å². The summed E-state index contributed by atoms with van der Waals surface area (Å²) in [5, 5.41) is 11.4. The Kier molecular flexibility index (Phi) is 3.32. The van der Waals surface area contributed by atoms with Crippen molar-refractivity contribution >= 4 is 22.4 Å². The molecule has 1 amide bonds. The van der Waals surface area contributed by atoms with Gasteiger partial charge in [-0.1, -0.05) is 30.3 Å². The molecule has 0 heterocycles. The predicted molar refractivity (Wildman–Crippen MR) is 84.8 cm³/mol. The quantitative estimate of drug-likeness (QED) is 0.773. The van der Waals surface area contributed by atoms with E-state index in [4.69, 9.17) is 0 Å². The Balaban J connectivity index is 1.98. The van der Waals surface area contributed by atoms with Crippen molar-refractivity contribution in [1.82, 2.24) is 0 Å². The summed E-state index contributed by atoms with van der Waals surface area (Å²) < 4.78 is 0. The molecule has 21 heavy (non-hydrogen) atoms. The number of anilines is 1. The van der Waals surface area contributed by atoms with Gasteiger partial charge in [0.15, 0.2) is 0 Å². The number of para-hydroxylation sites is 1. The van der Waals surface area contributed by atoms with E-state index in [2.05, 4.69) is 0 Å². The molecule has 0 aliphatic carbocycles. The number of fused-ring (bicyclic) bond motifs is 1. The first-order chi connectivity index (χ1) is 10.2. The number of rotatable bonds is 2. The van der Waals surface area contributed by atoms with Gasteiger partial charge in [-0.2, -0.15) is 0 Å². The van der Waals surface area contributed by atoms with Gasteiger partial charge < -0.3 is 10.0 Å². The zero-order valence-corrected chi connectivity index (χ0v) is 11.7. The molecule has 3 aromatic rings. The Hall–Kier alpha value is -2.81. The van der Waals surface area contributed by atoms with Crippen LogP contribution in [0.3, 0.4) is 0 Å². The monoisotopic (exact) mass is 277 g/mol. The van der Waals surface area contributed by atoms with E-state index in [0.29, 0.717) is 5.56 Å². The van der Waals surface area contributed by atoms with Crippen LogP contribution in [-0.2, 0) is 0 Å². The second-order valence-electron chi connectivity index (χ2n) is 4.91. The fraction of sp³-hybridized carbons (Fsp3) is 0.0556. The van der Waals surface area contributed by atoms with Gasteiger partial charge in [0, 0.05) is 23.7 Å². The molecule has 0 saturated heterocycles. The van der Waals surface area contributed by atoms with Crippen molar-refractivity contribution in [1.29, 1.82) is 0 Å². The van der Waals surface area contributed by atoms with Crippen LogP contribution in [0.5, 0.6) is 5.75 Å². The summed E-state index contributed by atoms with van der Waals surface area (Å²) in [5.41, 5.74) is 1.44. The highest BCUT2D eigenvalue weighted by molar-refractivity contribution is 6.08. The highest BCUT2D eigenvalue weighted by atomic mass is 16.3. The third kappa shape index (κ3) is 2.46. The molecule has 0 fully saturated rings. The van der Waals surface area contributed by atoms with Crippen molar-refractivity contribution in [2.45, 2.75) is 0 Å². The number of amides is 1. The number of nitrogens with zero attached hydrogens (tertiary/aromatic N) is 1. The van der Waals surface area contributed by atoms with E-state index in [1.165, 1.54) is 0 Å². The predicted octanol–water partition coefficient (Wildman–Crippen LogP) is 3.82. The summed E-state index contributed by atoms with van der Waals surface area (Å²) in [6, 6.07) is 20.1. The Morgan fingerprint density at radius 1 is 0.952 bits per heavy atom. The van der Waals surface area contributed by atoms with Crippen molar-refractivity contribution in [3.8, 4) is 5.75 Å². The van der Waals surface area contributed by atoms with Crippen LogP contribution in [0.25, 0.3) is 10.8 Å². The topological polar surface area (TPSA) is 40.5 Å². The molecule has 0 radical (unpaired) electrons. The molecule has 0 aliphatic heterocycles. The van der Waals surface area contributed by atoms with E-state index in [1.54, 1.807) is 42.3 Å². The highest BCUT2D eigenvalue weighted by Gasteiger charge is 2.14. The molecule has 0 atom stereocenters. The van der Waals surface area contributed by atoms with Crippen LogP contribution < -0.4 is 4.90 Å². The maximum Gasteiger partial charge on any atom is 0.258 e. The maximum atomic E-state index is 12.5. The van der Waals surface area contributed by atoms with Gasteiger partial charge >= 0.3 is 0 Å². The molecular weight excluding hydrogens is 262 g/mol. The molecule has 0 bridgehead atoms. The molecule has 1 N–H and O–H groups in total. The van der Waals surface area contributed by atoms with Crippen LogP contribution in [0.15, 0.2) is 66.7 Å². The van der Waals surface area contributed by atoms with Gasteiger partial charge in [-0.15, -0.1) is 0 Å². The van der Waals surface area contributed by atoms with Crippen LogP contribution in [0.2, 0.25) is 0 Å². The second-order valence-corrected chi connectivity index (χ2v) is 4.91. The second kappa shape index (κ2) is 5.29. The van der Waals surface area contributed by atoms with Crippen LogP contribution in [0.1, 0.15) is 10.4 Å². The first-order valence-corrected chi connectivity index (χ1v) is 6.71. The lowest BCUT2D eigenvalue weighted by Crippen LogP contribution is -2.26. The Bertz CT molecular complexity index is 797. The number of hydrogen-bond donors (Lipinski definition) is 1. The molecule has 0 saturated carbocycles. The van der Waals surface area contributed by atoms with Crippen molar-refractivity contribution in [2.24, 2.45) is 0 Å². The number of benzene rings is 3. The summed E-state index contributed by atoms with van der Waals surface area (Å²) in [5.74, 6) is 0.148. The van der Waals surface area contributed by atoms with Gasteiger partial charge in [-0.05, 0) is 41.8 Å². The molecule has 3 aromatic carbocycles. The minimum atomic E-state index is -0.0774. The number of carbonyl (C=O) groups excluding carboxylic acids is 1. The van der Waals surface area contributed by atoms with Crippen LogP contribution >= 0.6 is 0 Å². The summed E-state index contributed by atoms with van der Waals surface area (Å²) in [6.45, 7) is 0. The van der Waals surface area contributed by atoms with Crippen molar-refractivity contribution in [3.05, 3.63) is 72.3 Å². The molecule has 0 spiro atoms. The standard InChI is InChI=1S/C18H15NO2/c1-19(15-7-3-2-4-8-15)18(21)14-10-11-16-13(12-14)6-5-9-17(16)20/h2-12,20H,1H3. The Morgan fingerprint density at radius 3 is 2.48 bits per heavy atom. The van der Waals surface area contributed by atoms with Crippen molar-refractivity contribution < 1.29 is 9.90 Å². The molecule has 104 valence electrons. The number of carbonyl (C=O) groups is 1. The largest absolute Gasteiger partial charge is 0.507 e. The van der Waals surface area contributed by atoms with Gasteiger partial charge in [-0.3, -0.25) is 4.79 Å². The van der Waals surface area contributed by atoms with E-state index >= 15 is 0 Å². The van der Waals surface area contributed by atoms with Crippen molar-refractivity contribution in [2.75, 3.05) is 11.9 Å². The molecule has 0 aromatic heterocycles. The number of aromatic hydroxyl groups is 1. The first kappa shape index (κ1) is 13.2. The van der Waals surface area contributed by atoms with Crippen molar-refractivity contribution in [3.63, 3.8) is 0 Å². The Labute approximate surface area is 123 Å². The van der Waals surface area contributed by atoms with Gasteiger partial charge in [0.2, 0.25) is 0 Å². The maximum absolute atomic E-state index is 12.5.